The van der Waals surface area contributed by atoms with E-state index in [4.69, 9.17) is 34.8 Å². The lowest BCUT2D eigenvalue weighted by atomic mass is 10.0. The molecule has 4 rings (SSSR count). The van der Waals surface area contributed by atoms with Gasteiger partial charge in [0.2, 0.25) is 0 Å². The van der Waals surface area contributed by atoms with Crippen LogP contribution in [0.25, 0.3) is 22.8 Å². The molecule has 1 aliphatic carbocycles. The normalized spacial score (nSPS) is 12.0. The minimum atomic E-state index is 0.727. The second kappa shape index (κ2) is 5.72. The third kappa shape index (κ3) is 2.68. The summed E-state index contributed by atoms with van der Waals surface area (Å²) in [5.74, 6) is 0. The lowest BCUT2D eigenvalue weighted by Crippen LogP contribution is -1.83. The van der Waals surface area contributed by atoms with Gasteiger partial charge in [0.15, 0.2) is 0 Å². The molecule has 0 unspecified atom stereocenters. The van der Waals surface area contributed by atoms with Gasteiger partial charge in [-0.3, -0.25) is 0 Å². The molecule has 0 spiro atoms. The topological polar surface area (TPSA) is 0 Å². The Morgan fingerprint density at radius 3 is 1.52 bits per heavy atom. The largest absolute Gasteiger partial charge is 0.0843 e. The van der Waals surface area contributed by atoms with Crippen LogP contribution in [0.15, 0.2) is 60.7 Å². The van der Waals surface area contributed by atoms with Gasteiger partial charge in [-0.15, -0.1) is 0 Å². The van der Waals surface area contributed by atoms with Crippen molar-refractivity contribution in [3.63, 3.8) is 0 Å². The number of halogens is 3. The fraction of sp³-hybridized carbons (Fsp3) is 0. The highest BCUT2D eigenvalue weighted by atomic mass is 35.5. The molecule has 0 aromatic heterocycles. The van der Waals surface area contributed by atoms with E-state index in [1.165, 1.54) is 11.1 Å². The zero-order valence-electron chi connectivity index (χ0n) is 12.0. The van der Waals surface area contributed by atoms with Crippen molar-refractivity contribution in [2.75, 3.05) is 0 Å². The summed E-state index contributed by atoms with van der Waals surface area (Å²) in [6.45, 7) is 0. The van der Waals surface area contributed by atoms with Crippen LogP contribution in [0.1, 0.15) is 16.7 Å². The van der Waals surface area contributed by atoms with E-state index in [1.807, 2.05) is 48.5 Å². The number of fused-ring (bicyclic) bond motifs is 3. The Morgan fingerprint density at radius 2 is 1.00 bits per heavy atom. The van der Waals surface area contributed by atoms with E-state index in [2.05, 4.69) is 18.2 Å². The molecule has 0 N–H and O–H groups in total. The highest BCUT2D eigenvalue weighted by molar-refractivity contribution is 6.32. The van der Waals surface area contributed by atoms with Crippen LogP contribution in [-0.4, -0.2) is 0 Å². The third-order valence-electron chi connectivity index (χ3n) is 4.01. The summed E-state index contributed by atoms with van der Waals surface area (Å²) >= 11 is 18.4. The minimum absolute atomic E-state index is 0.727. The van der Waals surface area contributed by atoms with Crippen LogP contribution in [-0.2, 0) is 0 Å². The van der Waals surface area contributed by atoms with Crippen molar-refractivity contribution in [1.82, 2.24) is 0 Å². The van der Waals surface area contributed by atoms with Crippen molar-refractivity contribution >= 4 is 46.5 Å². The van der Waals surface area contributed by atoms with E-state index in [0.29, 0.717) is 0 Å². The van der Waals surface area contributed by atoms with Crippen LogP contribution in [0.4, 0.5) is 0 Å². The summed E-state index contributed by atoms with van der Waals surface area (Å²) in [7, 11) is 0. The van der Waals surface area contributed by atoms with Crippen molar-refractivity contribution < 1.29 is 0 Å². The monoisotopic (exact) mass is 356 g/mol. The first-order chi connectivity index (χ1) is 11.1. The number of hydrogen-bond donors (Lipinski definition) is 0. The molecule has 0 aliphatic heterocycles. The second-order valence-corrected chi connectivity index (χ2v) is 6.80. The number of benzene rings is 3. The average Bonchev–Trinajstić information content (AvgIpc) is 2.82. The highest BCUT2D eigenvalue weighted by Gasteiger charge is 2.23. The van der Waals surface area contributed by atoms with Crippen LogP contribution in [0, 0.1) is 0 Å². The maximum atomic E-state index is 6.22. The number of hydrogen-bond acceptors (Lipinski definition) is 0. The molecule has 0 heterocycles. The van der Waals surface area contributed by atoms with Gasteiger partial charge in [-0.1, -0.05) is 59.1 Å². The van der Waals surface area contributed by atoms with E-state index in [0.717, 1.165) is 37.3 Å². The fourth-order valence-electron chi connectivity index (χ4n) is 2.97. The standard InChI is InChI=1S/C20H11Cl3/c21-13-3-1-12(2-4-13)9-18-19-10-14(22)5-7-16(19)17-8-6-15(23)11-20(17)18/h1-11H. The Balaban J connectivity index is 1.97. The molecule has 3 aromatic carbocycles. The lowest BCUT2D eigenvalue weighted by Gasteiger charge is -2.04. The Kier molecular flexibility index (Phi) is 3.69. The molecule has 0 atom stereocenters. The summed E-state index contributed by atoms with van der Waals surface area (Å²) in [6.07, 6.45) is 2.15. The molecular formula is C20H11Cl3. The molecule has 112 valence electrons. The van der Waals surface area contributed by atoms with E-state index in [-0.39, 0.29) is 0 Å². The SMILES string of the molecule is Clc1ccc(C=C2c3cc(Cl)ccc3-c3ccc(Cl)cc32)cc1. The Labute approximate surface area is 149 Å². The van der Waals surface area contributed by atoms with Gasteiger partial charge in [-0.05, 0) is 75.9 Å². The smallest absolute Gasteiger partial charge is 0.0412 e. The van der Waals surface area contributed by atoms with E-state index >= 15 is 0 Å². The van der Waals surface area contributed by atoms with E-state index in [1.54, 1.807) is 0 Å². The Bertz CT molecular complexity index is 884. The van der Waals surface area contributed by atoms with Crippen molar-refractivity contribution in [3.05, 3.63) is 92.4 Å². The molecule has 0 nitrogen and oxygen atoms in total. The van der Waals surface area contributed by atoms with Crippen molar-refractivity contribution in [2.45, 2.75) is 0 Å². The van der Waals surface area contributed by atoms with Crippen molar-refractivity contribution in [1.29, 1.82) is 0 Å². The first kappa shape index (κ1) is 14.8. The van der Waals surface area contributed by atoms with Crippen LogP contribution in [0.5, 0.6) is 0 Å². The molecule has 0 saturated heterocycles. The maximum absolute atomic E-state index is 6.22. The molecule has 0 radical (unpaired) electrons. The van der Waals surface area contributed by atoms with Gasteiger partial charge in [0, 0.05) is 15.1 Å². The van der Waals surface area contributed by atoms with E-state index in [9.17, 15) is 0 Å². The molecule has 0 amide bonds. The highest BCUT2D eigenvalue weighted by Crippen LogP contribution is 2.46. The molecule has 23 heavy (non-hydrogen) atoms. The van der Waals surface area contributed by atoms with Crippen LogP contribution < -0.4 is 0 Å². The lowest BCUT2D eigenvalue weighted by molar-refractivity contribution is 1.64. The second-order valence-electron chi connectivity index (χ2n) is 5.49. The van der Waals surface area contributed by atoms with Gasteiger partial charge in [0.05, 0.1) is 0 Å². The number of rotatable bonds is 1. The van der Waals surface area contributed by atoms with Crippen molar-refractivity contribution in [3.8, 4) is 11.1 Å². The minimum Gasteiger partial charge on any atom is -0.0843 e. The van der Waals surface area contributed by atoms with Gasteiger partial charge in [-0.2, -0.15) is 0 Å². The Hall–Kier alpha value is -1.73. The molecule has 3 heteroatoms. The average molecular weight is 358 g/mol. The third-order valence-corrected chi connectivity index (χ3v) is 4.74. The van der Waals surface area contributed by atoms with Gasteiger partial charge in [-0.25, -0.2) is 0 Å². The zero-order chi connectivity index (χ0) is 16.0. The van der Waals surface area contributed by atoms with Gasteiger partial charge in [0.25, 0.3) is 0 Å². The summed E-state index contributed by atoms with van der Waals surface area (Å²) in [6, 6.07) is 19.8. The molecular weight excluding hydrogens is 347 g/mol. The fourth-order valence-corrected chi connectivity index (χ4v) is 3.44. The van der Waals surface area contributed by atoms with E-state index < -0.39 is 0 Å². The van der Waals surface area contributed by atoms with Gasteiger partial charge < -0.3 is 0 Å². The molecule has 3 aromatic rings. The first-order valence-corrected chi connectivity index (χ1v) is 8.33. The first-order valence-electron chi connectivity index (χ1n) is 7.19. The predicted molar refractivity (Wildman–Crippen MR) is 100 cm³/mol. The summed E-state index contributed by atoms with van der Waals surface area (Å²) in [5, 5.41) is 2.18. The molecule has 0 saturated carbocycles. The molecule has 1 aliphatic rings. The molecule has 0 bridgehead atoms. The summed E-state index contributed by atoms with van der Waals surface area (Å²) < 4.78 is 0. The maximum Gasteiger partial charge on any atom is 0.0412 e. The van der Waals surface area contributed by atoms with Crippen molar-refractivity contribution in [2.24, 2.45) is 0 Å². The summed E-state index contributed by atoms with van der Waals surface area (Å²) in [5.41, 5.74) is 6.84. The van der Waals surface area contributed by atoms with Crippen LogP contribution >= 0.6 is 34.8 Å². The van der Waals surface area contributed by atoms with Gasteiger partial charge >= 0.3 is 0 Å². The predicted octanol–water partition coefficient (Wildman–Crippen LogP) is 7.22. The van der Waals surface area contributed by atoms with Crippen LogP contribution in [0.3, 0.4) is 0 Å². The molecule has 0 fully saturated rings. The Morgan fingerprint density at radius 1 is 0.522 bits per heavy atom. The van der Waals surface area contributed by atoms with Crippen LogP contribution in [0.2, 0.25) is 15.1 Å². The quantitative estimate of drug-likeness (QED) is 0.337. The van der Waals surface area contributed by atoms with Gasteiger partial charge in [0.1, 0.15) is 0 Å². The summed E-state index contributed by atoms with van der Waals surface area (Å²) in [4.78, 5) is 0. The zero-order valence-corrected chi connectivity index (χ0v) is 14.3.